The summed E-state index contributed by atoms with van der Waals surface area (Å²) >= 11 is 1.41. The largest absolute Gasteiger partial charge is 0.332 e. The van der Waals surface area contributed by atoms with Gasteiger partial charge < -0.3 is 9.80 Å². The summed E-state index contributed by atoms with van der Waals surface area (Å²) in [5.74, 6) is 0.165. The van der Waals surface area contributed by atoms with Gasteiger partial charge in [0.2, 0.25) is 11.1 Å². The summed E-state index contributed by atoms with van der Waals surface area (Å²) in [4.78, 5) is 16.3. The zero-order chi connectivity index (χ0) is 17.8. The summed E-state index contributed by atoms with van der Waals surface area (Å²) in [6.45, 7) is 11.0. The number of hydrogen-bond acceptors (Lipinski definition) is 5. The maximum atomic E-state index is 12.7. The third-order valence-corrected chi connectivity index (χ3v) is 5.65. The van der Waals surface area contributed by atoms with E-state index < -0.39 is 0 Å². The van der Waals surface area contributed by atoms with Crippen LogP contribution in [0.15, 0.2) is 29.4 Å². The molecule has 7 nitrogen and oxygen atoms in total. The van der Waals surface area contributed by atoms with E-state index in [9.17, 15) is 4.79 Å². The first kappa shape index (κ1) is 17.9. The quantitative estimate of drug-likeness (QED) is 0.771. The van der Waals surface area contributed by atoms with E-state index in [4.69, 9.17) is 0 Å². The number of tetrazole rings is 1. The topological polar surface area (TPSA) is 68.3 Å². The summed E-state index contributed by atoms with van der Waals surface area (Å²) < 4.78 is 1.69. The van der Waals surface area contributed by atoms with Gasteiger partial charge in [-0.2, -0.15) is 4.68 Å². The highest BCUT2D eigenvalue weighted by atomic mass is 32.2. The Labute approximate surface area is 152 Å². The molecule has 2 heterocycles. The second-order valence-corrected chi connectivity index (χ2v) is 7.71. The van der Waals surface area contributed by atoms with Gasteiger partial charge in [-0.3, -0.25) is 4.79 Å². The SMILES string of the molecule is CC[NH+]1CCN(C(=O)[C@@H](C)Sc2nnnn2-c2ccc(C)cc2)CC1. The summed E-state index contributed by atoms with van der Waals surface area (Å²) in [5, 5.41) is 12.4. The lowest BCUT2D eigenvalue weighted by molar-refractivity contribution is -0.902. The summed E-state index contributed by atoms with van der Waals surface area (Å²) in [5.41, 5.74) is 2.08. The minimum absolute atomic E-state index is 0.165. The van der Waals surface area contributed by atoms with Crippen molar-refractivity contribution in [1.82, 2.24) is 25.1 Å². The maximum Gasteiger partial charge on any atom is 0.236 e. The minimum Gasteiger partial charge on any atom is -0.332 e. The van der Waals surface area contributed by atoms with E-state index >= 15 is 0 Å². The number of rotatable bonds is 5. The predicted molar refractivity (Wildman–Crippen MR) is 97.0 cm³/mol. The van der Waals surface area contributed by atoms with Crippen molar-refractivity contribution in [1.29, 1.82) is 0 Å². The lowest BCUT2D eigenvalue weighted by Crippen LogP contribution is -3.14. The van der Waals surface area contributed by atoms with Gasteiger partial charge in [0, 0.05) is 0 Å². The summed E-state index contributed by atoms with van der Waals surface area (Å²) in [6.07, 6.45) is 0. The number of aromatic nitrogens is 4. The molecule has 25 heavy (non-hydrogen) atoms. The highest BCUT2D eigenvalue weighted by Gasteiger charge is 2.28. The van der Waals surface area contributed by atoms with Crippen LogP contribution in [0, 0.1) is 6.92 Å². The average molecular weight is 361 g/mol. The van der Waals surface area contributed by atoms with Crippen LogP contribution in [0.3, 0.4) is 0 Å². The molecule has 1 amide bonds. The predicted octanol–water partition coefficient (Wildman–Crippen LogP) is 0.198. The van der Waals surface area contributed by atoms with Gasteiger partial charge in [0.1, 0.15) is 0 Å². The number of nitrogens with one attached hydrogen (secondary N) is 1. The van der Waals surface area contributed by atoms with Crippen LogP contribution in [-0.4, -0.2) is 69.0 Å². The fourth-order valence-electron chi connectivity index (χ4n) is 2.96. The van der Waals surface area contributed by atoms with Gasteiger partial charge in [-0.15, -0.1) is 5.10 Å². The Kier molecular flexibility index (Phi) is 5.70. The number of aryl methyl sites for hydroxylation is 1. The van der Waals surface area contributed by atoms with E-state index in [1.54, 1.807) is 9.58 Å². The van der Waals surface area contributed by atoms with Gasteiger partial charge in [0.05, 0.1) is 43.7 Å². The number of benzene rings is 1. The Balaban J connectivity index is 1.65. The normalized spacial score (nSPS) is 16.8. The highest BCUT2D eigenvalue weighted by molar-refractivity contribution is 8.00. The van der Waals surface area contributed by atoms with E-state index in [0.717, 1.165) is 38.4 Å². The fourth-order valence-corrected chi connectivity index (χ4v) is 3.85. The van der Waals surface area contributed by atoms with Gasteiger partial charge >= 0.3 is 0 Å². The Bertz CT molecular complexity index is 708. The molecule has 2 aromatic rings. The van der Waals surface area contributed by atoms with Gasteiger partial charge in [-0.1, -0.05) is 29.5 Å². The van der Waals surface area contributed by atoms with Crippen molar-refractivity contribution in [3.63, 3.8) is 0 Å². The van der Waals surface area contributed by atoms with Crippen LogP contribution in [0.5, 0.6) is 0 Å². The number of piperazine rings is 1. The van der Waals surface area contributed by atoms with E-state index in [2.05, 4.69) is 22.4 Å². The van der Waals surface area contributed by atoms with Crippen molar-refractivity contribution in [2.75, 3.05) is 32.7 Å². The number of likely N-dealkylation sites (N-methyl/N-ethyl adjacent to an activating group) is 1. The van der Waals surface area contributed by atoms with E-state index in [1.807, 2.05) is 43.0 Å². The molecule has 3 rings (SSSR count). The first-order chi connectivity index (χ1) is 12.1. The number of carbonyl (C=O) groups excluding carboxylic acids is 1. The first-order valence-corrected chi connectivity index (χ1v) is 9.61. The zero-order valence-electron chi connectivity index (χ0n) is 15.0. The van der Waals surface area contributed by atoms with Crippen LogP contribution in [0.1, 0.15) is 19.4 Å². The monoisotopic (exact) mass is 361 g/mol. The zero-order valence-corrected chi connectivity index (χ0v) is 15.8. The van der Waals surface area contributed by atoms with Crippen molar-refractivity contribution >= 4 is 17.7 Å². The number of amides is 1. The molecule has 0 saturated carbocycles. The van der Waals surface area contributed by atoms with Crippen LogP contribution < -0.4 is 4.90 Å². The molecule has 0 radical (unpaired) electrons. The molecule has 0 aliphatic carbocycles. The van der Waals surface area contributed by atoms with Crippen LogP contribution in [-0.2, 0) is 4.79 Å². The molecule has 0 unspecified atom stereocenters. The maximum absolute atomic E-state index is 12.7. The Morgan fingerprint density at radius 3 is 2.60 bits per heavy atom. The molecule has 134 valence electrons. The molecule has 1 aromatic heterocycles. The first-order valence-electron chi connectivity index (χ1n) is 8.73. The van der Waals surface area contributed by atoms with Crippen LogP contribution >= 0.6 is 11.8 Å². The summed E-state index contributed by atoms with van der Waals surface area (Å²) in [6, 6.07) is 8.01. The smallest absolute Gasteiger partial charge is 0.236 e. The molecule has 1 fully saturated rings. The number of nitrogens with zero attached hydrogens (tertiary/aromatic N) is 5. The molecule has 8 heteroatoms. The van der Waals surface area contributed by atoms with E-state index in [-0.39, 0.29) is 11.2 Å². The average Bonchev–Trinajstić information content (AvgIpc) is 3.10. The second kappa shape index (κ2) is 7.97. The Morgan fingerprint density at radius 1 is 1.28 bits per heavy atom. The molecule has 1 aliphatic heterocycles. The fraction of sp³-hybridized carbons (Fsp3) is 0.529. The molecular weight excluding hydrogens is 336 g/mol. The third kappa shape index (κ3) is 4.19. The number of carbonyl (C=O) groups is 1. The van der Waals surface area contributed by atoms with Crippen LogP contribution in [0.2, 0.25) is 0 Å². The van der Waals surface area contributed by atoms with E-state index in [1.165, 1.54) is 17.3 Å². The lowest BCUT2D eigenvalue weighted by atomic mass is 10.2. The molecule has 1 aromatic carbocycles. The molecule has 1 atom stereocenters. The Morgan fingerprint density at radius 2 is 1.96 bits per heavy atom. The molecule has 0 spiro atoms. The van der Waals surface area contributed by atoms with Crippen molar-refractivity contribution in [3.05, 3.63) is 29.8 Å². The van der Waals surface area contributed by atoms with Gasteiger partial charge in [-0.25, -0.2) is 0 Å². The van der Waals surface area contributed by atoms with Crippen molar-refractivity contribution in [2.24, 2.45) is 0 Å². The van der Waals surface area contributed by atoms with Gasteiger partial charge in [0.15, 0.2) is 0 Å². The van der Waals surface area contributed by atoms with E-state index in [0.29, 0.717) is 5.16 Å². The van der Waals surface area contributed by atoms with Crippen LogP contribution in [0.4, 0.5) is 0 Å². The van der Waals surface area contributed by atoms with Gasteiger partial charge in [0.25, 0.3) is 0 Å². The molecule has 1 aliphatic rings. The van der Waals surface area contributed by atoms with Crippen molar-refractivity contribution in [2.45, 2.75) is 31.2 Å². The molecular formula is C17H25N6OS+. The lowest BCUT2D eigenvalue weighted by Gasteiger charge is -2.32. The second-order valence-electron chi connectivity index (χ2n) is 6.40. The van der Waals surface area contributed by atoms with Crippen molar-refractivity contribution < 1.29 is 9.69 Å². The molecule has 0 bridgehead atoms. The number of quaternary nitrogens is 1. The minimum atomic E-state index is -0.210. The number of hydrogen-bond donors (Lipinski definition) is 1. The highest BCUT2D eigenvalue weighted by Crippen LogP contribution is 2.24. The van der Waals surface area contributed by atoms with Crippen LogP contribution in [0.25, 0.3) is 5.69 Å². The molecule has 1 saturated heterocycles. The molecule has 1 N–H and O–H groups in total. The summed E-state index contributed by atoms with van der Waals surface area (Å²) in [7, 11) is 0. The standard InChI is InChI=1S/C17H24N6OS/c1-4-21-9-11-22(12-10-21)16(24)14(3)25-17-18-19-20-23(17)15-7-5-13(2)6-8-15/h5-8,14H,4,9-12H2,1-3H3/p+1/t14-/m1/s1. The third-order valence-electron chi connectivity index (χ3n) is 4.63. The Hall–Kier alpha value is -1.93. The van der Waals surface area contributed by atoms with Gasteiger partial charge in [-0.05, 0) is 43.3 Å². The van der Waals surface area contributed by atoms with Crippen molar-refractivity contribution in [3.8, 4) is 5.69 Å². The number of thioether (sulfide) groups is 1.